The number of amides is 1. The van der Waals surface area contributed by atoms with E-state index in [-0.39, 0.29) is 17.6 Å². The summed E-state index contributed by atoms with van der Waals surface area (Å²) in [5.74, 6) is -0.262. The number of nitro groups is 1. The Morgan fingerprint density at radius 1 is 1.24 bits per heavy atom. The Kier molecular flexibility index (Phi) is 6.42. The van der Waals surface area contributed by atoms with Crippen LogP contribution in [0, 0.1) is 10.1 Å². The third-order valence-corrected chi connectivity index (χ3v) is 3.52. The first-order valence-corrected chi connectivity index (χ1v) is 7.82. The molecule has 6 heteroatoms. The molecule has 0 aliphatic heterocycles. The molecule has 1 N–H and O–H groups in total. The molecule has 0 spiro atoms. The summed E-state index contributed by atoms with van der Waals surface area (Å²) in [4.78, 5) is 23.2. The van der Waals surface area contributed by atoms with Crippen LogP contribution in [0.1, 0.15) is 18.1 Å². The number of nitrogens with zero attached hydrogens (tertiary/aromatic N) is 1. The van der Waals surface area contributed by atoms with Crippen LogP contribution in [0.15, 0.2) is 54.6 Å². The van der Waals surface area contributed by atoms with Gasteiger partial charge in [-0.15, -0.1) is 0 Å². The molecule has 0 radical (unpaired) electrons. The molecule has 1 amide bonds. The highest BCUT2D eigenvalue weighted by atomic mass is 16.6. The number of carbonyl (C=O) groups is 1. The van der Waals surface area contributed by atoms with Gasteiger partial charge in [-0.2, -0.15) is 0 Å². The summed E-state index contributed by atoms with van der Waals surface area (Å²) in [5.41, 5.74) is 1.73. The minimum atomic E-state index is -0.458. The van der Waals surface area contributed by atoms with Gasteiger partial charge in [0.15, 0.2) is 0 Å². The van der Waals surface area contributed by atoms with Crippen molar-refractivity contribution in [3.63, 3.8) is 0 Å². The lowest BCUT2D eigenvalue weighted by Crippen LogP contribution is -2.36. The van der Waals surface area contributed by atoms with Crippen LogP contribution in [0.25, 0.3) is 11.6 Å². The van der Waals surface area contributed by atoms with Crippen molar-refractivity contribution in [2.24, 2.45) is 0 Å². The zero-order chi connectivity index (χ0) is 18.2. The molecule has 0 aliphatic carbocycles. The van der Waals surface area contributed by atoms with Gasteiger partial charge in [0.25, 0.3) is 11.6 Å². The largest absolute Gasteiger partial charge is 0.383 e. The number of carbonyl (C=O) groups excluding carboxylic acids is 1. The Bertz CT molecular complexity index is 772. The first kappa shape index (κ1) is 18.4. The van der Waals surface area contributed by atoms with Crippen LogP contribution in [0.4, 0.5) is 5.69 Å². The Balaban J connectivity index is 2.39. The van der Waals surface area contributed by atoms with Crippen molar-refractivity contribution >= 4 is 23.2 Å². The van der Waals surface area contributed by atoms with E-state index in [1.54, 1.807) is 25.3 Å². The molecule has 0 heterocycles. The average Bonchev–Trinajstić information content (AvgIpc) is 2.60. The summed E-state index contributed by atoms with van der Waals surface area (Å²) in [7, 11) is 1.57. The fraction of sp³-hybridized carbons (Fsp3) is 0.211. The van der Waals surface area contributed by atoms with Crippen LogP contribution < -0.4 is 5.32 Å². The zero-order valence-corrected chi connectivity index (χ0v) is 14.1. The molecule has 0 saturated carbocycles. The fourth-order valence-electron chi connectivity index (χ4n) is 2.39. The van der Waals surface area contributed by atoms with Crippen LogP contribution in [0.2, 0.25) is 0 Å². The maximum absolute atomic E-state index is 12.7. The Morgan fingerprint density at radius 3 is 2.60 bits per heavy atom. The molecule has 2 rings (SSSR count). The van der Waals surface area contributed by atoms with Gasteiger partial charge in [0.1, 0.15) is 0 Å². The van der Waals surface area contributed by atoms with Crippen LogP contribution in [0.3, 0.4) is 0 Å². The SMILES string of the molecule is COC[C@H](C)NC(=O)/C(=C/c1cccc([N+](=O)[O-])c1)c1ccccc1. The molecule has 2 aromatic carbocycles. The van der Waals surface area contributed by atoms with E-state index in [0.717, 1.165) is 5.56 Å². The van der Waals surface area contributed by atoms with Gasteiger partial charge in [0, 0.05) is 30.9 Å². The number of hydrogen-bond donors (Lipinski definition) is 1. The smallest absolute Gasteiger partial charge is 0.270 e. The van der Waals surface area contributed by atoms with Crippen molar-refractivity contribution < 1.29 is 14.5 Å². The minimum absolute atomic E-state index is 0.0191. The van der Waals surface area contributed by atoms with Crippen molar-refractivity contribution in [2.45, 2.75) is 13.0 Å². The molecule has 6 nitrogen and oxygen atoms in total. The number of ether oxygens (including phenoxy) is 1. The summed E-state index contributed by atoms with van der Waals surface area (Å²) < 4.78 is 5.04. The highest BCUT2D eigenvalue weighted by Crippen LogP contribution is 2.21. The minimum Gasteiger partial charge on any atom is -0.383 e. The second-order valence-electron chi connectivity index (χ2n) is 5.61. The number of benzene rings is 2. The van der Waals surface area contributed by atoms with Crippen LogP contribution in [0.5, 0.6) is 0 Å². The number of nitrogens with one attached hydrogen (secondary N) is 1. The van der Waals surface area contributed by atoms with Gasteiger partial charge in [-0.25, -0.2) is 0 Å². The zero-order valence-electron chi connectivity index (χ0n) is 14.1. The highest BCUT2D eigenvalue weighted by Gasteiger charge is 2.15. The lowest BCUT2D eigenvalue weighted by Gasteiger charge is -2.15. The van der Waals surface area contributed by atoms with E-state index >= 15 is 0 Å². The van der Waals surface area contributed by atoms with Crippen LogP contribution in [-0.4, -0.2) is 30.6 Å². The number of rotatable bonds is 7. The van der Waals surface area contributed by atoms with E-state index in [2.05, 4.69) is 5.32 Å². The second kappa shape index (κ2) is 8.75. The molecular formula is C19H20N2O4. The third kappa shape index (κ3) is 5.26. The maximum atomic E-state index is 12.7. The lowest BCUT2D eigenvalue weighted by atomic mass is 10.0. The lowest BCUT2D eigenvalue weighted by molar-refractivity contribution is -0.384. The van der Waals surface area contributed by atoms with E-state index in [9.17, 15) is 14.9 Å². The van der Waals surface area contributed by atoms with Crippen molar-refractivity contribution in [1.82, 2.24) is 5.32 Å². The van der Waals surface area contributed by atoms with E-state index in [1.807, 2.05) is 37.3 Å². The Hall–Kier alpha value is -2.99. The van der Waals surface area contributed by atoms with E-state index in [0.29, 0.717) is 17.7 Å². The molecule has 130 valence electrons. The van der Waals surface area contributed by atoms with Crippen molar-refractivity contribution in [3.8, 4) is 0 Å². The summed E-state index contributed by atoms with van der Waals surface area (Å²) in [6.45, 7) is 2.24. The quantitative estimate of drug-likeness (QED) is 0.363. The summed E-state index contributed by atoms with van der Waals surface area (Å²) in [6.07, 6.45) is 1.65. The predicted molar refractivity (Wildman–Crippen MR) is 96.9 cm³/mol. The molecule has 1 atom stereocenters. The first-order valence-electron chi connectivity index (χ1n) is 7.82. The second-order valence-corrected chi connectivity index (χ2v) is 5.61. The van der Waals surface area contributed by atoms with Crippen molar-refractivity contribution in [2.75, 3.05) is 13.7 Å². The highest BCUT2D eigenvalue weighted by molar-refractivity contribution is 6.24. The van der Waals surface area contributed by atoms with Gasteiger partial charge in [-0.3, -0.25) is 14.9 Å². The standard InChI is InChI=1S/C19H20N2O4/c1-14(13-25-2)20-19(22)18(16-8-4-3-5-9-16)12-15-7-6-10-17(11-15)21(23)24/h3-12,14H,13H2,1-2H3,(H,20,22)/b18-12+/t14-/m0/s1. The van der Waals surface area contributed by atoms with Gasteiger partial charge >= 0.3 is 0 Å². The van der Waals surface area contributed by atoms with Gasteiger partial charge in [0.05, 0.1) is 11.5 Å². The van der Waals surface area contributed by atoms with E-state index < -0.39 is 4.92 Å². The van der Waals surface area contributed by atoms with Crippen molar-refractivity contribution in [1.29, 1.82) is 0 Å². The van der Waals surface area contributed by atoms with Gasteiger partial charge < -0.3 is 10.1 Å². The Labute approximate surface area is 146 Å². The molecule has 2 aromatic rings. The number of non-ortho nitro benzene ring substituents is 1. The van der Waals surface area contributed by atoms with Crippen molar-refractivity contribution in [3.05, 3.63) is 75.8 Å². The van der Waals surface area contributed by atoms with Gasteiger partial charge in [-0.1, -0.05) is 42.5 Å². The maximum Gasteiger partial charge on any atom is 0.270 e. The molecule has 0 bridgehead atoms. The topological polar surface area (TPSA) is 81.5 Å². The Morgan fingerprint density at radius 2 is 1.96 bits per heavy atom. The van der Waals surface area contributed by atoms with Crippen LogP contribution in [-0.2, 0) is 9.53 Å². The first-order chi connectivity index (χ1) is 12.0. The molecule has 0 aliphatic rings. The number of hydrogen-bond acceptors (Lipinski definition) is 4. The molecular weight excluding hydrogens is 320 g/mol. The van der Waals surface area contributed by atoms with E-state index in [4.69, 9.17) is 4.74 Å². The number of methoxy groups -OCH3 is 1. The third-order valence-electron chi connectivity index (χ3n) is 3.52. The monoisotopic (exact) mass is 340 g/mol. The molecule has 0 aromatic heterocycles. The molecule has 0 saturated heterocycles. The average molecular weight is 340 g/mol. The normalized spacial score (nSPS) is 12.5. The molecule has 0 fully saturated rings. The van der Waals surface area contributed by atoms with E-state index in [1.165, 1.54) is 12.1 Å². The van der Waals surface area contributed by atoms with Gasteiger partial charge in [0.2, 0.25) is 0 Å². The summed E-state index contributed by atoms with van der Waals surface area (Å²) in [5, 5.41) is 13.8. The fourth-order valence-corrected chi connectivity index (χ4v) is 2.39. The molecule has 25 heavy (non-hydrogen) atoms. The van der Waals surface area contributed by atoms with Gasteiger partial charge in [-0.05, 0) is 24.1 Å². The predicted octanol–water partition coefficient (Wildman–Crippen LogP) is 3.29. The van der Waals surface area contributed by atoms with Crippen LogP contribution >= 0.6 is 0 Å². The number of nitro benzene ring substituents is 1. The molecule has 0 unspecified atom stereocenters. The summed E-state index contributed by atoms with van der Waals surface area (Å²) >= 11 is 0. The summed E-state index contributed by atoms with van der Waals surface area (Å²) in [6, 6.07) is 15.2.